The molecule has 0 fully saturated rings. The standard InChI is InChI=1S/C16H15BrN2O/c1-12-6-7-14(17)15(10-12)19-11-13-4-2-3-5-16(13)20-9-8-18/h2-7,10,19H,9,11H2,1H3. The largest absolute Gasteiger partial charge is 0.478 e. The molecule has 0 saturated carbocycles. The summed E-state index contributed by atoms with van der Waals surface area (Å²) in [6.45, 7) is 2.76. The summed E-state index contributed by atoms with van der Waals surface area (Å²) >= 11 is 3.53. The smallest absolute Gasteiger partial charge is 0.174 e. The predicted molar refractivity (Wildman–Crippen MR) is 83.8 cm³/mol. The fourth-order valence-electron chi connectivity index (χ4n) is 1.87. The fraction of sp³-hybridized carbons (Fsp3) is 0.188. The Labute approximate surface area is 127 Å². The lowest BCUT2D eigenvalue weighted by Gasteiger charge is -2.12. The van der Waals surface area contributed by atoms with E-state index in [1.165, 1.54) is 5.56 Å². The van der Waals surface area contributed by atoms with Crippen molar-refractivity contribution < 1.29 is 4.74 Å². The number of hydrogen-bond donors (Lipinski definition) is 1. The van der Waals surface area contributed by atoms with Crippen LogP contribution in [0.15, 0.2) is 46.9 Å². The van der Waals surface area contributed by atoms with Crippen LogP contribution in [-0.4, -0.2) is 6.61 Å². The Bertz CT molecular complexity index is 635. The van der Waals surface area contributed by atoms with Gasteiger partial charge in [0.15, 0.2) is 6.61 Å². The Balaban J connectivity index is 2.11. The van der Waals surface area contributed by atoms with Crippen molar-refractivity contribution in [2.45, 2.75) is 13.5 Å². The number of anilines is 1. The first kappa shape index (κ1) is 14.4. The third-order valence-corrected chi connectivity index (χ3v) is 3.55. The summed E-state index contributed by atoms with van der Waals surface area (Å²) in [5, 5.41) is 12.0. The van der Waals surface area contributed by atoms with E-state index in [2.05, 4.69) is 40.3 Å². The van der Waals surface area contributed by atoms with Gasteiger partial charge < -0.3 is 10.1 Å². The molecule has 2 aromatic carbocycles. The van der Waals surface area contributed by atoms with Crippen LogP contribution in [0.5, 0.6) is 5.75 Å². The molecule has 0 aromatic heterocycles. The molecule has 0 aliphatic heterocycles. The van der Waals surface area contributed by atoms with E-state index in [-0.39, 0.29) is 6.61 Å². The number of para-hydroxylation sites is 1. The van der Waals surface area contributed by atoms with Crippen LogP contribution < -0.4 is 10.1 Å². The molecule has 0 amide bonds. The minimum absolute atomic E-state index is 0.0607. The molecule has 2 aromatic rings. The van der Waals surface area contributed by atoms with Gasteiger partial charge in [-0.15, -0.1) is 0 Å². The van der Waals surface area contributed by atoms with Gasteiger partial charge in [0, 0.05) is 22.3 Å². The Morgan fingerprint density at radius 2 is 2.05 bits per heavy atom. The summed E-state index contributed by atoms with van der Waals surface area (Å²) in [5.41, 5.74) is 3.26. The molecular weight excluding hydrogens is 316 g/mol. The maximum atomic E-state index is 8.60. The second-order valence-corrected chi connectivity index (χ2v) is 5.25. The predicted octanol–water partition coefficient (Wildman–Crippen LogP) is 4.27. The lowest BCUT2D eigenvalue weighted by molar-refractivity contribution is 0.364. The first-order valence-electron chi connectivity index (χ1n) is 6.28. The number of nitrogens with one attached hydrogen (secondary N) is 1. The topological polar surface area (TPSA) is 45.0 Å². The summed E-state index contributed by atoms with van der Waals surface area (Å²) in [5.74, 6) is 0.741. The molecular formula is C16H15BrN2O. The van der Waals surface area contributed by atoms with Crippen LogP contribution in [0.4, 0.5) is 5.69 Å². The minimum atomic E-state index is 0.0607. The van der Waals surface area contributed by atoms with E-state index < -0.39 is 0 Å². The van der Waals surface area contributed by atoms with Crippen molar-refractivity contribution in [2.75, 3.05) is 11.9 Å². The number of rotatable bonds is 5. The zero-order valence-corrected chi connectivity index (χ0v) is 12.8. The maximum Gasteiger partial charge on any atom is 0.174 e. The molecule has 0 aliphatic carbocycles. The number of hydrogen-bond acceptors (Lipinski definition) is 3. The average molecular weight is 331 g/mol. The van der Waals surface area contributed by atoms with Crippen LogP contribution in [0.25, 0.3) is 0 Å². The van der Waals surface area contributed by atoms with Crippen LogP contribution in [-0.2, 0) is 6.54 Å². The van der Waals surface area contributed by atoms with Crippen molar-refractivity contribution in [3.05, 3.63) is 58.1 Å². The lowest BCUT2D eigenvalue weighted by Crippen LogP contribution is -2.04. The zero-order chi connectivity index (χ0) is 14.4. The van der Waals surface area contributed by atoms with Crippen LogP contribution in [0.3, 0.4) is 0 Å². The summed E-state index contributed by atoms with van der Waals surface area (Å²) < 4.78 is 6.44. The Morgan fingerprint density at radius 3 is 2.85 bits per heavy atom. The molecule has 0 spiro atoms. The number of nitriles is 1. The number of aryl methyl sites for hydroxylation is 1. The van der Waals surface area contributed by atoms with E-state index >= 15 is 0 Å². The molecule has 0 unspecified atom stereocenters. The van der Waals surface area contributed by atoms with Gasteiger partial charge in [-0.05, 0) is 46.6 Å². The highest BCUT2D eigenvalue weighted by Gasteiger charge is 2.04. The molecule has 1 N–H and O–H groups in total. The van der Waals surface area contributed by atoms with Crippen LogP contribution >= 0.6 is 15.9 Å². The molecule has 102 valence electrons. The molecule has 0 heterocycles. The van der Waals surface area contributed by atoms with E-state index in [0.29, 0.717) is 6.54 Å². The Kier molecular flexibility index (Phi) is 5.03. The number of ether oxygens (including phenoxy) is 1. The summed E-state index contributed by atoms with van der Waals surface area (Å²) in [6, 6.07) is 15.9. The Hall–Kier alpha value is -1.99. The first-order valence-corrected chi connectivity index (χ1v) is 7.07. The number of halogens is 1. The third-order valence-electron chi connectivity index (χ3n) is 2.86. The van der Waals surface area contributed by atoms with Gasteiger partial charge in [0.1, 0.15) is 11.8 Å². The fourth-order valence-corrected chi connectivity index (χ4v) is 2.25. The zero-order valence-electron chi connectivity index (χ0n) is 11.2. The van der Waals surface area contributed by atoms with E-state index in [1.54, 1.807) is 0 Å². The van der Waals surface area contributed by atoms with Gasteiger partial charge in [0.25, 0.3) is 0 Å². The van der Waals surface area contributed by atoms with E-state index in [0.717, 1.165) is 21.5 Å². The van der Waals surface area contributed by atoms with E-state index in [1.807, 2.05) is 36.4 Å². The van der Waals surface area contributed by atoms with Crippen molar-refractivity contribution in [1.29, 1.82) is 5.26 Å². The molecule has 20 heavy (non-hydrogen) atoms. The van der Waals surface area contributed by atoms with Crippen LogP contribution in [0.1, 0.15) is 11.1 Å². The molecule has 0 saturated heterocycles. The second-order valence-electron chi connectivity index (χ2n) is 4.39. The molecule has 0 radical (unpaired) electrons. The van der Waals surface area contributed by atoms with Gasteiger partial charge in [-0.3, -0.25) is 0 Å². The van der Waals surface area contributed by atoms with Gasteiger partial charge >= 0.3 is 0 Å². The van der Waals surface area contributed by atoms with Crippen molar-refractivity contribution in [1.82, 2.24) is 0 Å². The van der Waals surface area contributed by atoms with Gasteiger partial charge in [-0.2, -0.15) is 5.26 Å². The molecule has 0 atom stereocenters. The molecule has 2 rings (SSSR count). The molecule has 4 heteroatoms. The minimum Gasteiger partial charge on any atom is -0.478 e. The van der Waals surface area contributed by atoms with Crippen LogP contribution in [0.2, 0.25) is 0 Å². The number of nitrogens with zero attached hydrogens (tertiary/aromatic N) is 1. The normalized spacial score (nSPS) is 9.85. The first-order chi connectivity index (χ1) is 9.70. The third kappa shape index (κ3) is 3.75. The lowest BCUT2D eigenvalue weighted by atomic mass is 10.2. The molecule has 3 nitrogen and oxygen atoms in total. The average Bonchev–Trinajstić information content (AvgIpc) is 2.47. The quantitative estimate of drug-likeness (QED) is 0.890. The van der Waals surface area contributed by atoms with Crippen molar-refractivity contribution in [3.63, 3.8) is 0 Å². The van der Waals surface area contributed by atoms with E-state index in [4.69, 9.17) is 10.00 Å². The summed E-state index contributed by atoms with van der Waals surface area (Å²) in [4.78, 5) is 0. The highest BCUT2D eigenvalue weighted by Crippen LogP contribution is 2.25. The van der Waals surface area contributed by atoms with Crippen molar-refractivity contribution >= 4 is 21.6 Å². The maximum absolute atomic E-state index is 8.60. The van der Waals surface area contributed by atoms with E-state index in [9.17, 15) is 0 Å². The Morgan fingerprint density at radius 1 is 1.25 bits per heavy atom. The number of benzene rings is 2. The van der Waals surface area contributed by atoms with Gasteiger partial charge in [0.2, 0.25) is 0 Å². The highest BCUT2D eigenvalue weighted by molar-refractivity contribution is 9.10. The second kappa shape index (κ2) is 6.97. The summed E-state index contributed by atoms with van der Waals surface area (Å²) in [7, 11) is 0. The monoisotopic (exact) mass is 330 g/mol. The van der Waals surface area contributed by atoms with Crippen LogP contribution in [0, 0.1) is 18.3 Å². The highest BCUT2D eigenvalue weighted by atomic mass is 79.9. The molecule has 0 aliphatic rings. The van der Waals surface area contributed by atoms with Crippen molar-refractivity contribution in [3.8, 4) is 11.8 Å². The SMILES string of the molecule is Cc1ccc(Br)c(NCc2ccccc2OCC#N)c1. The van der Waals surface area contributed by atoms with Crippen molar-refractivity contribution in [2.24, 2.45) is 0 Å². The van der Waals surface area contributed by atoms with Gasteiger partial charge in [0.05, 0.1) is 0 Å². The summed E-state index contributed by atoms with van der Waals surface area (Å²) in [6.07, 6.45) is 0. The molecule has 0 bridgehead atoms. The van der Waals surface area contributed by atoms with Gasteiger partial charge in [-0.25, -0.2) is 0 Å². The van der Waals surface area contributed by atoms with Gasteiger partial charge in [-0.1, -0.05) is 24.3 Å².